The Labute approximate surface area is 122 Å². The fourth-order valence-electron chi connectivity index (χ4n) is 2.57. The van der Waals surface area contributed by atoms with Crippen LogP contribution in [0.1, 0.15) is 11.1 Å². The molecule has 98 valence electrons. The van der Waals surface area contributed by atoms with Gasteiger partial charge in [0, 0.05) is 18.8 Å². The first-order valence-electron chi connectivity index (χ1n) is 6.21. The molecule has 0 saturated carbocycles. The molecule has 0 radical (unpaired) electrons. The topological polar surface area (TPSA) is 29.3 Å². The summed E-state index contributed by atoms with van der Waals surface area (Å²) in [5.74, 6) is 0. The minimum atomic E-state index is 0.594. The van der Waals surface area contributed by atoms with Crippen LogP contribution in [0.4, 0.5) is 11.4 Å². The molecule has 2 N–H and O–H groups in total. The van der Waals surface area contributed by atoms with E-state index in [1.54, 1.807) is 12.1 Å². The van der Waals surface area contributed by atoms with Crippen LogP contribution in [0.15, 0.2) is 36.4 Å². The lowest BCUT2D eigenvalue weighted by Crippen LogP contribution is -2.30. The highest BCUT2D eigenvalue weighted by Crippen LogP contribution is 2.38. The summed E-state index contributed by atoms with van der Waals surface area (Å²) in [5, 5.41) is 1.23. The summed E-state index contributed by atoms with van der Waals surface area (Å²) in [6.07, 6.45) is 1.01. The Morgan fingerprint density at radius 3 is 2.32 bits per heavy atom. The van der Waals surface area contributed by atoms with E-state index < -0.39 is 0 Å². The largest absolute Gasteiger partial charge is 0.399 e. The van der Waals surface area contributed by atoms with Gasteiger partial charge in [0.05, 0.1) is 15.7 Å². The number of benzene rings is 2. The third-order valence-corrected chi connectivity index (χ3v) is 4.06. The second-order valence-corrected chi connectivity index (χ2v) is 5.59. The first-order chi connectivity index (χ1) is 9.15. The number of fused-ring (bicyclic) bond motifs is 1. The highest BCUT2D eigenvalue weighted by atomic mass is 35.5. The van der Waals surface area contributed by atoms with Gasteiger partial charge in [-0.15, -0.1) is 0 Å². The number of halogens is 2. The first-order valence-corrected chi connectivity index (χ1v) is 6.97. The molecule has 0 amide bonds. The van der Waals surface area contributed by atoms with Crippen molar-refractivity contribution in [3.05, 3.63) is 57.6 Å². The van der Waals surface area contributed by atoms with Crippen LogP contribution in [0.25, 0.3) is 0 Å². The zero-order chi connectivity index (χ0) is 13.4. The van der Waals surface area contributed by atoms with Crippen molar-refractivity contribution in [2.75, 3.05) is 17.2 Å². The molecule has 0 unspecified atom stereocenters. The van der Waals surface area contributed by atoms with Crippen LogP contribution < -0.4 is 10.6 Å². The maximum atomic E-state index is 6.29. The summed E-state index contributed by atoms with van der Waals surface area (Å²) >= 11 is 12.6. The third kappa shape index (κ3) is 2.38. The molecular weight excluding hydrogens is 279 g/mol. The molecule has 0 atom stereocenters. The summed E-state index contributed by atoms with van der Waals surface area (Å²) < 4.78 is 0. The SMILES string of the molecule is Nc1cc(Cl)c(N2CCc3ccccc3C2)c(Cl)c1. The molecular formula is C15H14Cl2N2. The average Bonchev–Trinajstić information content (AvgIpc) is 2.37. The van der Waals surface area contributed by atoms with Gasteiger partial charge in [-0.2, -0.15) is 0 Å². The lowest BCUT2D eigenvalue weighted by molar-refractivity contribution is 0.732. The molecule has 2 aromatic carbocycles. The minimum absolute atomic E-state index is 0.594. The molecule has 0 aliphatic carbocycles. The van der Waals surface area contributed by atoms with Crippen molar-refractivity contribution < 1.29 is 0 Å². The Hall–Kier alpha value is -1.38. The van der Waals surface area contributed by atoms with E-state index in [-0.39, 0.29) is 0 Å². The van der Waals surface area contributed by atoms with E-state index in [0.29, 0.717) is 15.7 Å². The smallest absolute Gasteiger partial charge is 0.0749 e. The van der Waals surface area contributed by atoms with Gasteiger partial charge in [0.15, 0.2) is 0 Å². The van der Waals surface area contributed by atoms with Gasteiger partial charge in [0.25, 0.3) is 0 Å². The second-order valence-electron chi connectivity index (χ2n) is 4.77. The summed E-state index contributed by atoms with van der Waals surface area (Å²) in [4.78, 5) is 2.21. The van der Waals surface area contributed by atoms with Crippen molar-refractivity contribution in [3.63, 3.8) is 0 Å². The summed E-state index contributed by atoms with van der Waals surface area (Å²) in [6, 6.07) is 12.0. The molecule has 1 heterocycles. The van der Waals surface area contributed by atoms with Crippen molar-refractivity contribution in [2.45, 2.75) is 13.0 Å². The Bertz CT molecular complexity index is 602. The molecule has 19 heavy (non-hydrogen) atoms. The minimum Gasteiger partial charge on any atom is -0.399 e. The predicted octanol–water partition coefficient (Wildman–Crippen LogP) is 4.14. The fourth-order valence-corrected chi connectivity index (χ4v) is 3.32. The van der Waals surface area contributed by atoms with Crippen LogP contribution >= 0.6 is 23.2 Å². The highest BCUT2D eigenvalue weighted by Gasteiger charge is 2.20. The van der Waals surface area contributed by atoms with E-state index in [2.05, 4.69) is 29.2 Å². The molecule has 1 aliphatic rings. The first kappa shape index (κ1) is 12.6. The zero-order valence-electron chi connectivity index (χ0n) is 10.4. The summed E-state index contributed by atoms with van der Waals surface area (Å²) in [5.41, 5.74) is 9.96. The van der Waals surface area contributed by atoms with Gasteiger partial charge < -0.3 is 10.6 Å². The molecule has 0 bridgehead atoms. The van der Waals surface area contributed by atoms with Crippen LogP contribution in [0.3, 0.4) is 0 Å². The van der Waals surface area contributed by atoms with Gasteiger partial charge in [-0.25, -0.2) is 0 Å². The monoisotopic (exact) mass is 292 g/mol. The fraction of sp³-hybridized carbons (Fsp3) is 0.200. The van der Waals surface area contributed by atoms with Crippen LogP contribution in [-0.4, -0.2) is 6.54 Å². The predicted molar refractivity (Wildman–Crippen MR) is 82.1 cm³/mol. The normalized spacial score (nSPS) is 14.3. The second kappa shape index (κ2) is 4.95. The van der Waals surface area contributed by atoms with Crippen molar-refractivity contribution in [1.82, 2.24) is 0 Å². The number of nitrogens with two attached hydrogens (primary N) is 1. The Morgan fingerprint density at radius 2 is 1.63 bits per heavy atom. The molecule has 0 spiro atoms. The van der Waals surface area contributed by atoms with Gasteiger partial charge >= 0.3 is 0 Å². The van der Waals surface area contributed by atoms with Gasteiger partial charge in [0.2, 0.25) is 0 Å². The van der Waals surface area contributed by atoms with E-state index in [1.165, 1.54) is 11.1 Å². The van der Waals surface area contributed by atoms with Gasteiger partial charge in [0.1, 0.15) is 0 Å². The van der Waals surface area contributed by atoms with Crippen molar-refractivity contribution in [1.29, 1.82) is 0 Å². The van der Waals surface area contributed by atoms with Crippen LogP contribution in [0.5, 0.6) is 0 Å². The van der Waals surface area contributed by atoms with Crippen molar-refractivity contribution in [2.24, 2.45) is 0 Å². The van der Waals surface area contributed by atoms with Gasteiger partial charge in [-0.3, -0.25) is 0 Å². The molecule has 3 rings (SSSR count). The number of nitrogens with zero attached hydrogens (tertiary/aromatic N) is 1. The third-order valence-electron chi connectivity index (χ3n) is 3.49. The van der Waals surface area contributed by atoms with Gasteiger partial charge in [-0.05, 0) is 29.7 Å². The standard InChI is InChI=1S/C15H14Cl2N2/c16-13-7-12(18)8-14(17)15(13)19-6-5-10-3-1-2-4-11(10)9-19/h1-4,7-8H,5-6,9,18H2. The molecule has 0 aromatic heterocycles. The number of nitrogen functional groups attached to an aromatic ring is 1. The van der Waals surface area contributed by atoms with E-state index >= 15 is 0 Å². The van der Waals surface area contributed by atoms with E-state index in [4.69, 9.17) is 28.9 Å². The molecule has 0 fully saturated rings. The van der Waals surface area contributed by atoms with Crippen LogP contribution in [-0.2, 0) is 13.0 Å². The zero-order valence-corrected chi connectivity index (χ0v) is 11.9. The highest BCUT2D eigenvalue weighted by molar-refractivity contribution is 6.39. The van der Waals surface area contributed by atoms with E-state index in [9.17, 15) is 0 Å². The lowest BCUT2D eigenvalue weighted by Gasteiger charge is -2.32. The molecule has 4 heteroatoms. The van der Waals surface area contributed by atoms with Gasteiger partial charge in [-0.1, -0.05) is 47.5 Å². The van der Waals surface area contributed by atoms with Crippen LogP contribution in [0.2, 0.25) is 10.0 Å². The Balaban J connectivity index is 1.98. The van der Waals surface area contributed by atoms with Crippen molar-refractivity contribution in [3.8, 4) is 0 Å². The van der Waals surface area contributed by atoms with E-state index in [1.807, 2.05) is 0 Å². The number of hydrogen-bond donors (Lipinski definition) is 1. The molecule has 2 aromatic rings. The van der Waals surface area contributed by atoms with Crippen molar-refractivity contribution >= 4 is 34.6 Å². The summed E-state index contributed by atoms with van der Waals surface area (Å²) in [7, 11) is 0. The Kier molecular flexibility index (Phi) is 3.29. The van der Waals surface area contributed by atoms with Crippen LogP contribution in [0, 0.1) is 0 Å². The number of hydrogen-bond acceptors (Lipinski definition) is 2. The molecule has 1 aliphatic heterocycles. The Morgan fingerprint density at radius 1 is 1.00 bits per heavy atom. The quantitative estimate of drug-likeness (QED) is 0.801. The summed E-state index contributed by atoms with van der Waals surface area (Å²) in [6.45, 7) is 1.75. The number of rotatable bonds is 1. The number of anilines is 2. The maximum absolute atomic E-state index is 6.29. The lowest BCUT2D eigenvalue weighted by atomic mass is 9.99. The molecule has 0 saturated heterocycles. The maximum Gasteiger partial charge on any atom is 0.0749 e. The van der Waals surface area contributed by atoms with E-state index in [0.717, 1.165) is 25.2 Å². The average molecular weight is 293 g/mol. The molecule has 2 nitrogen and oxygen atoms in total.